The van der Waals surface area contributed by atoms with Gasteiger partial charge in [0.1, 0.15) is 17.4 Å². The van der Waals surface area contributed by atoms with Crippen molar-refractivity contribution in [1.29, 1.82) is 0 Å². The highest BCUT2D eigenvalue weighted by Crippen LogP contribution is 2.30. The number of benzene rings is 1. The molecule has 98 valence electrons. The van der Waals surface area contributed by atoms with E-state index in [2.05, 4.69) is 47.0 Å². The number of aryl methyl sites for hydroxylation is 1. The molecule has 0 spiro atoms. The molecule has 4 nitrogen and oxygen atoms in total. The summed E-state index contributed by atoms with van der Waals surface area (Å²) in [5, 5.41) is 8.46. The minimum atomic E-state index is 0.0248. The van der Waals surface area contributed by atoms with Gasteiger partial charge in [0.25, 0.3) is 0 Å². The van der Waals surface area contributed by atoms with Crippen LogP contribution < -0.4 is 5.32 Å². The predicted molar refractivity (Wildman–Crippen MR) is 76.4 cm³/mol. The van der Waals surface area contributed by atoms with E-state index in [0.717, 1.165) is 33.7 Å². The second kappa shape index (κ2) is 5.11. The van der Waals surface area contributed by atoms with E-state index in [4.69, 9.17) is 4.42 Å². The fourth-order valence-electron chi connectivity index (χ4n) is 2.22. The molecule has 1 atom stereocenters. The number of hydrogen-bond acceptors (Lipinski definition) is 5. The first-order valence-corrected chi connectivity index (χ1v) is 7.06. The van der Waals surface area contributed by atoms with Crippen molar-refractivity contribution >= 4 is 22.5 Å². The van der Waals surface area contributed by atoms with Crippen molar-refractivity contribution in [3.05, 3.63) is 46.7 Å². The summed E-state index contributed by atoms with van der Waals surface area (Å²) in [6, 6.07) is 8.30. The minimum Gasteiger partial charge on any atom is -0.459 e. The van der Waals surface area contributed by atoms with Gasteiger partial charge in [-0.05, 0) is 36.6 Å². The Morgan fingerprint density at radius 3 is 3.00 bits per heavy atom. The van der Waals surface area contributed by atoms with Gasteiger partial charge in [0.05, 0.1) is 11.1 Å². The average molecular weight is 273 g/mol. The topological polar surface area (TPSA) is 51.0 Å². The van der Waals surface area contributed by atoms with Gasteiger partial charge in [-0.2, -0.15) is 0 Å². The third kappa shape index (κ3) is 2.27. The summed E-state index contributed by atoms with van der Waals surface area (Å²) in [7, 11) is 0. The molecule has 0 aliphatic rings. The maximum atomic E-state index is 6.03. The van der Waals surface area contributed by atoms with Crippen LogP contribution in [0.5, 0.6) is 0 Å². The molecule has 19 heavy (non-hydrogen) atoms. The van der Waals surface area contributed by atoms with E-state index in [9.17, 15) is 0 Å². The summed E-state index contributed by atoms with van der Waals surface area (Å²) in [6.07, 6.45) is 1.79. The van der Waals surface area contributed by atoms with E-state index in [1.807, 2.05) is 6.07 Å². The number of furan rings is 1. The van der Waals surface area contributed by atoms with Gasteiger partial charge in [0.2, 0.25) is 0 Å². The van der Waals surface area contributed by atoms with Crippen molar-refractivity contribution in [3.8, 4) is 0 Å². The molecule has 0 fully saturated rings. The lowest BCUT2D eigenvalue weighted by molar-refractivity contribution is 0.479. The van der Waals surface area contributed by atoms with E-state index < -0.39 is 0 Å². The van der Waals surface area contributed by atoms with Crippen LogP contribution in [0.4, 0.5) is 0 Å². The molecular formula is C14H15N3OS. The molecule has 3 aromatic rings. The van der Waals surface area contributed by atoms with Gasteiger partial charge in [-0.1, -0.05) is 29.6 Å². The molecule has 0 aliphatic carbocycles. The number of rotatable bonds is 4. The summed E-state index contributed by atoms with van der Waals surface area (Å²) in [4.78, 5) is 1.07. The number of fused-ring (bicyclic) bond motifs is 1. The molecule has 0 saturated heterocycles. The monoisotopic (exact) mass is 273 g/mol. The quantitative estimate of drug-likeness (QED) is 0.792. The summed E-state index contributed by atoms with van der Waals surface area (Å²) in [6.45, 7) is 5.00. The van der Waals surface area contributed by atoms with E-state index >= 15 is 0 Å². The Hall–Kier alpha value is -1.72. The van der Waals surface area contributed by atoms with Crippen molar-refractivity contribution in [2.75, 3.05) is 6.54 Å². The lowest BCUT2D eigenvalue weighted by Crippen LogP contribution is -2.20. The number of para-hydroxylation sites is 1. The van der Waals surface area contributed by atoms with Crippen molar-refractivity contribution in [3.63, 3.8) is 0 Å². The van der Waals surface area contributed by atoms with Gasteiger partial charge in [-0.3, -0.25) is 0 Å². The van der Waals surface area contributed by atoms with Crippen LogP contribution in [0.2, 0.25) is 0 Å². The Balaban J connectivity index is 2.08. The molecule has 1 N–H and O–H groups in total. The van der Waals surface area contributed by atoms with Crippen molar-refractivity contribution in [2.24, 2.45) is 0 Å². The van der Waals surface area contributed by atoms with Crippen LogP contribution in [0.3, 0.4) is 0 Å². The zero-order valence-electron chi connectivity index (χ0n) is 10.9. The molecule has 1 unspecified atom stereocenters. The Morgan fingerprint density at radius 1 is 1.42 bits per heavy atom. The minimum absolute atomic E-state index is 0.0248. The van der Waals surface area contributed by atoms with Crippen molar-refractivity contribution < 1.29 is 4.42 Å². The highest BCUT2D eigenvalue weighted by Gasteiger charge is 2.20. The summed E-state index contributed by atoms with van der Waals surface area (Å²) in [5.74, 6) is 0.914. The zero-order valence-corrected chi connectivity index (χ0v) is 11.7. The van der Waals surface area contributed by atoms with E-state index in [0.29, 0.717) is 0 Å². The predicted octanol–water partition coefficient (Wildman–Crippen LogP) is 3.29. The van der Waals surface area contributed by atoms with E-state index in [1.165, 1.54) is 11.5 Å². The second-order valence-corrected chi connectivity index (χ2v) is 5.27. The Morgan fingerprint density at radius 2 is 2.32 bits per heavy atom. The summed E-state index contributed by atoms with van der Waals surface area (Å²) in [5.41, 5.74) is 2.11. The fraction of sp³-hybridized carbons (Fsp3) is 0.286. The standard InChI is InChI=1S/C14H15N3OS/c1-3-15-13(12-8-16-17-19-12)11-7-10-6-4-5-9(2)14(10)18-11/h4-8,13,15H,3H2,1-2H3. The first-order chi connectivity index (χ1) is 9.29. The molecular weight excluding hydrogens is 258 g/mol. The highest BCUT2D eigenvalue weighted by atomic mass is 32.1. The van der Waals surface area contributed by atoms with Crippen LogP contribution in [0, 0.1) is 6.92 Å². The van der Waals surface area contributed by atoms with Crippen molar-refractivity contribution in [2.45, 2.75) is 19.9 Å². The summed E-state index contributed by atoms with van der Waals surface area (Å²) >= 11 is 1.40. The van der Waals surface area contributed by atoms with Crippen LogP contribution in [0.25, 0.3) is 11.0 Å². The maximum absolute atomic E-state index is 6.03. The first-order valence-electron chi connectivity index (χ1n) is 6.29. The molecule has 3 rings (SSSR count). The molecule has 0 aliphatic heterocycles. The number of hydrogen-bond donors (Lipinski definition) is 1. The van der Waals surface area contributed by atoms with Gasteiger partial charge < -0.3 is 9.73 Å². The van der Waals surface area contributed by atoms with E-state index in [-0.39, 0.29) is 6.04 Å². The van der Waals surface area contributed by atoms with Gasteiger partial charge in [0, 0.05) is 5.39 Å². The molecule has 0 amide bonds. The highest BCUT2D eigenvalue weighted by molar-refractivity contribution is 7.05. The smallest absolute Gasteiger partial charge is 0.137 e. The first kappa shape index (κ1) is 12.3. The third-order valence-corrected chi connectivity index (χ3v) is 3.84. The van der Waals surface area contributed by atoms with Gasteiger partial charge in [0.15, 0.2) is 0 Å². The molecule has 0 bridgehead atoms. The van der Waals surface area contributed by atoms with Crippen LogP contribution in [-0.4, -0.2) is 16.1 Å². The number of nitrogens with one attached hydrogen (secondary N) is 1. The normalized spacial score (nSPS) is 12.9. The Kier molecular flexibility index (Phi) is 3.31. The summed E-state index contributed by atoms with van der Waals surface area (Å²) < 4.78 is 9.96. The third-order valence-electron chi connectivity index (χ3n) is 3.12. The second-order valence-electron chi connectivity index (χ2n) is 4.45. The zero-order chi connectivity index (χ0) is 13.2. The molecule has 0 saturated carbocycles. The van der Waals surface area contributed by atoms with Crippen LogP contribution >= 0.6 is 11.5 Å². The lowest BCUT2D eigenvalue weighted by atomic mass is 10.1. The van der Waals surface area contributed by atoms with Gasteiger partial charge >= 0.3 is 0 Å². The van der Waals surface area contributed by atoms with E-state index in [1.54, 1.807) is 6.20 Å². The molecule has 2 heterocycles. The van der Waals surface area contributed by atoms with Crippen LogP contribution in [0.15, 0.2) is 34.9 Å². The lowest BCUT2D eigenvalue weighted by Gasteiger charge is -2.12. The van der Waals surface area contributed by atoms with Crippen molar-refractivity contribution in [1.82, 2.24) is 14.9 Å². The number of aromatic nitrogens is 2. The Labute approximate surface area is 115 Å². The van der Waals surface area contributed by atoms with Gasteiger partial charge in [-0.15, -0.1) is 5.10 Å². The fourth-order valence-corrected chi connectivity index (χ4v) is 2.81. The van der Waals surface area contributed by atoms with Gasteiger partial charge in [-0.25, -0.2) is 0 Å². The molecule has 2 aromatic heterocycles. The Bertz CT molecular complexity index is 675. The molecule has 1 aromatic carbocycles. The molecule has 5 heteroatoms. The number of nitrogens with zero attached hydrogens (tertiary/aromatic N) is 2. The molecule has 0 radical (unpaired) electrons. The average Bonchev–Trinajstić information content (AvgIpc) is 3.05. The van der Waals surface area contributed by atoms with Crippen LogP contribution in [-0.2, 0) is 0 Å². The van der Waals surface area contributed by atoms with Crippen LogP contribution in [0.1, 0.15) is 29.2 Å². The SMILES string of the molecule is CCNC(c1cc2cccc(C)c2o1)c1cnns1. The largest absolute Gasteiger partial charge is 0.459 e. The maximum Gasteiger partial charge on any atom is 0.137 e.